The summed E-state index contributed by atoms with van der Waals surface area (Å²) in [5.74, 6) is 1.00. The molecule has 2 N–H and O–H groups in total. The van der Waals surface area contributed by atoms with Crippen LogP contribution in [0.25, 0.3) is 11.1 Å². The van der Waals surface area contributed by atoms with Gasteiger partial charge in [0, 0.05) is 47.7 Å². The Morgan fingerprint density at radius 2 is 1.96 bits per heavy atom. The van der Waals surface area contributed by atoms with Gasteiger partial charge in [-0.1, -0.05) is 12.1 Å². The number of hydrogen-bond acceptors (Lipinski definition) is 3. The van der Waals surface area contributed by atoms with Crippen molar-refractivity contribution in [3.05, 3.63) is 59.4 Å². The van der Waals surface area contributed by atoms with Crippen molar-refractivity contribution in [1.29, 1.82) is 0 Å². The number of aromatic amines is 1. The molecule has 0 saturated heterocycles. The molecule has 0 atom stereocenters. The molecule has 3 aromatic rings. The monoisotopic (exact) mass is 363 g/mol. The molecule has 1 aliphatic rings. The zero-order chi connectivity index (χ0) is 19.0. The van der Waals surface area contributed by atoms with E-state index < -0.39 is 0 Å². The molecule has 2 aromatic heterocycles. The molecule has 1 amide bonds. The molecule has 6 heteroatoms. The van der Waals surface area contributed by atoms with E-state index in [1.165, 1.54) is 0 Å². The molecular formula is C21H25N5O. The van der Waals surface area contributed by atoms with Crippen LogP contribution in [-0.4, -0.2) is 32.2 Å². The Hall–Kier alpha value is -2.89. The lowest BCUT2D eigenvalue weighted by Gasteiger charge is -2.17. The molecule has 1 fully saturated rings. The van der Waals surface area contributed by atoms with E-state index in [1.54, 1.807) is 0 Å². The van der Waals surface area contributed by atoms with Crippen LogP contribution in [0.5, 0.6) is 0 Å². The molecule has 0 unspecified atom stereocenters. The summed E-state index contributed by atoms with van der Waals surface area (Å²) >= 11 is 0. The lowest BCUT2D eigenvalue weighted by atomic mass is 10.0. The third-order valence-electron chi connectivity index (χ3n) is 5.57. The number of H-pyrrole nitrogens is 1. The predicted octanol–water partition coefficient (Wildman–Crippen LogP) is 3.41. The summed E-state index contributed by atoms with van der Waals surface area (Å²) in [6.45, 7) is 7.62. The maximum Gasteiger partial charge on any atom is 0.251 e. The lowest BCUT2D eigenvalue weighted by molar-refractivity contribution is 0.0943. The van der Waals surface area contributed by atoms with Crippen LogP contribution < -0.4 is 5.32 Å². The van der Waals surface area contributed by atoms with Crippen molar-refractivity contribution in [2.45, 2.75) is 40.2 Å². The summed E-state index contributed by atoms with van der Waals surface area (Å²) in [4.78, 5) is 16.9. The summed E-state index contributed by atoms with van der Waals surface area (Å²) in [5.41, 5.74) is 5.04. The molecule has 27 heavy (non-hydrogen) atoms. The number of nitrogens with one attached hydrogen (secondary N) is 2. The first-order valence-corrected chi connectivity index (χ1v) is 9.35. The quantitative estimate of drug-likeness (QED) is 0.705. The molecule has 4 rings (SSSR count). The Kier molecular flexibility index (Phi) is 4.34. The van der Waals surface area contributed by atoms with Gasteiger partial charge in [0.15, 0.2) is 0 Å². The topological polar surface area (TPSA) is 75.6 Å². The number of carbonyl (C=O) groups is 1. The van der Waals surface area contributed by atoms with Gasteiger partial charge >= 0.3 is 0 Å². The van der Waals surface area contributed by atoms with Crippen LogP contribution in [0.15, 0.2) is 36.7 Å². The molecule has 0 bridgehead atoms. The molecule has 0 aliphatic heterocycles. The van der Waals surface area contributed by atoms with Crippen molar-refractivity contribution < 1.29 is 4.79 Å². The molecular weight excluding hydrogens is 338 g/mol. The first-order chi connectivity index (χ1) is 13.0. The maximum absolute atomic E-state index is 12.6. The third-order valence-corrected chi connectivity index (χ3v) is 5.57. The summed E-state index contributed by atoms with van der Waals surface area (Å²) < 4.78 is 2.17. The minimum atomic E-state index is -0.0178. The van der Waals surface area contributed by atoms with Crippen molar-refractivity contribution in [2.24, 2.45) is 5.41 Å². The van der Waals surface area contributed by atoms with Gasteiger partial charge in [0.2, 0.25) is 0 Å². The smallest absolute Gasteiger partial charge is 0.251 e. The van der Waals surface area contributed by atoms with E-state index >= 15 is 0 Å². The van der Waals surface area contributed by atoms with Gasteiger partial charge < -0.3 is 9.88 Å². The molecule has 0 spiro atoms. The van der Waals surface area contributed by atoms with Crippen molar-refractivity contribution >= 4 is 5.91 Å². The second-order valence-corrected chi connectivity index (χ2v) is 7.67. The molecule has 1 aliphatic carbocycles. The fourth-order valence-electron chi connectivity index (χ4n) is 3.63. The highest BCUT2D eigenvalue weighted by Crippen LogP contribution is 2.46. The number of rotatable bonds is 6. The maximum atomic E-state index is 12.6. The SMILES string of the molecule is Cc1n[nH]c(C)c1-c1ccc(C(=O)NCC2(Cn3ccnc3C)CC2)cc1. The van der Waals surface area contributed by atoms with Crippen LogP contribution in [0.1, 0.15) is 40.4 Å². The van der Waals surface area contributed by atoms with Crippen molar-refractivity contribution in [3.63, 3.8) is 0 Å². The van der Waals surface area contributed by atoms with E-state index in [0.29, 0.717) is 12.1 Å². The molecule has 0 radical (unpaired) electrons. The molecule has 2 heterocycles. The van der Waals surface area contributed by atoms with Crippen LogP contribution in [-0.2, 0) is 6.54 Å². The van der Waals surface area contributed by atoms with Gasteiger partial charge in [0.25, 0.3) is 5.91 Å². The largest absolute Gasteiger partial charge is 0.351 e. The Labute approximate surface area is 159 Å². The van der Waals surface area contributed by atoms with Gasteiger partial charge in [-0.2, -0.15) is 5.10 Å². The van der Waals surface area contributed by atoms with Crippen LogP contribution in [0, 0.1) is 26.2 Å². The number of hydrogen-bond donors (Lipinski definition) is 2. The van der Waals surface area contributed by atoms with Gasteiger partial charge in [0.1, 0.15) is 5.82 Å². The van der Waals surface area contributed by atoms with E-state index in [1.807, 2.05) is 57.4 Å². The fourth-order valence-corrected chi connectivity index (χ4v) is 3.63. The number of nitrogens with zero attached hydrogens (tertiary/aromatic N) is 3. The standard InChI is InChI=1S/C21H25N5O/c1-14-19(15(2)25-24-14)17-4-6-18(7-5-17)20(27)23-12-21(8-9-21)13-26-11-10-22-16(26)3/h4-7,10-11H,8-9,12-13H2,1-3H3,(H,23,27)(H,24,25). The third kappa shape index (κ3) is 3.52. The van der Waals surface area contributed by atoms with E-state index in [9.17, 15) is 4.79 Å². The highest BCUT2D eigenvalue weighted by atomic mass is 16.1. The molecule has 6 nitrogen and oxygen atoms in total. The number of carbonyl (C=O) groups excluding carboxylic acids is 1. The van der Waals surface area contributed by atoms with Crippen molar-refractivity contribution in [2.75, 3.05) is 6.54 Å². The Bertz CT molecular complexity index is 943. The normalized spacial score (nSPS) is 14.9. The molecule has 140 valence electrons. The first-order valence-electron chi connectivity index (χ1n) is 9.35. The van der Waals surface area contributed by atoms with E-state index in [0.717, 1.165) is 47.7 Å². The summed E-state index contributed by atoms with van der Waals surface area (Å²) in [6, 6.07) is 7.75. The van der Waals surface area contributed by atoms with Gasteiger partial charge in [0.05, 0.1) is 5.69 Å². The van der Waals surface area contributed by atoms with Crippen molar-refractivity contribution in [3.8, 4) is 11.1 Å². The van der Waals surface area contributed by atoms with E-state index in [4.69, 9.17) is 0 Å². The minimum absolute atomic E-state index is 0.0178. The highest BCUT2D eigenvalue weighted by Gasteiger charge is 2.43. The van der Waals surface area contributed by atoms with Gasteiger partial charge in [-0.3, -0.25) is 9.89 Å². The van der Waals surface area contributed by atoms with Gasteiger partial charge in [-0.05, 0) is 51.3 Å². The number of aromatic nitrogens is 4. The zero-order valence-corrected chi connectivity index (χ0v) is 16.0. The number of imidazole rings is 1. The highest BCUT2D eigenvalue weighted by molar-refractivity contribution is 5.94. The van der Waals surface area contributed by atoms with E-state index in [2.05, 4.69) is 25.1 Å². The second kappa shape index (κ2) is 6.68. The Morgan fingerprint density at radius 3 is 2.52 bits per heavy atom. The zero-order valence-electron chi connectivity index (χ0n) is 16.0. The summed E-state index contributed by atoms with van der Waals surface area (Å²) in [6.07, 6.45) is 6.12. The second-order valence-electron chi connectivity index (χ2n) is 7.67. The average Bonchev–Trinajstić information content (AvgIpc) is 3.20. The summed E-state index contributed by atoms with van der Waals surface area (Å²) in [7, 11) is 0. The number of amides is 1. The molecule has 1 saturated carbocycles. The minimum Gasteiger partial charge on any atom is -0.351 e. The Morgan fingerprint density at radius 1 is 1.22 bits per heavy atom. The average molecular weight is 363 g/mol. The van der Waals surface area contributed by atoms with Crippen molar-refractivity contribution in [1.82, 2.24) is 25.1 Å². The number of benzene rings is 1. The van der Waals surface area contributed by atoms with E-state index in [-0.39, 0.29) is 11.3 Å². The first kappa shape index (κ1) is 17.5. The number of aryl methyl sites for hydroxylation is 3. The van der Waals surface area contributed by atoms with Crippen LogP contribution >= 0.6 is 0 Å². The van der Waals surface area contributed by atoms with Gasteiger partial charge in [-0.25, -0.2) is 4.98 Å². The molecule has 1 aromatic carbocycles. The van der Waals surface area contributed by atoms with Crippen LogP contribution in [0.2, 0.25) is 0 Å². The van der Waals surface area contributed by atoms with Crippen LogP contribution in [0.4, 0.5) is 0 Å². The fraction of sp³-hybridized carbons (Fsp3) is 0.381. The van der Waals surface area contributed by atoms with Gasteiger partial charge in [-0.15, -0.1) is 0 Å². The predicted molar refractivity (Wildman–Crippen MR) is 104 cm³/mol. The summed E-state index contributed by atoms with van der Waals surface area (Å²) in [5, 5.41) is 10.4. The lowest BCUT2D eigenvalue weighted by Crippen LogP contribution is -2.32. The Balaban J connectivity index is 1.40. The van der Waals surface area contributed by atoms with Crippen LogP contribution in [0.3, 0.4) is 0 Å².